The molecule has 0 aromatic rings. The summed E-state index contributed by atoms with van der Waals surface area (Å²) in [5.41, 5.74) is 0. The van der Waals surface area contributed by atoms with E-state index in [1.54, 1.807) is 0 Å². The maximum Gasteiger partial charge on any atom is 0.217 e. The highest BCUT2D eigenvalue weighted by atomic mass is 32.2. The molecular weight excluding hydrogens is 230 g/mol. The van der Waals surface area contributed by atoms with E-state index in [0.717, 1.165) is 0 Å². The Morgan fingerprint density at radius 2 is 2.38 bits per heavy atom. The molecule has 1 fully saturated rings. The molecule has 1 aliphatic heterocycles. The third kappa shape index (κ3) is 3.42. The van der Waals surface area contributed by atoms with Crippen LogP contribution in [-0.4, -0.2) is 57.4 Å². The molecule has 1 saturated heterocycles. The van der Waals surface area contributed by atoms with Crippen LogP contribution in [0.1, 0.15) is 6.92 Å². The number of nitriles is 1. The zero-order chi connectivity index (χ0) is 12.0. The van der Waals surface area contributed by atoms with Gasteiger partial charge in [0, 0.05) is 26.2 Å². The number of nitrogens with one attached hydrogen (secondary N) is 1. The van der Waals surface area contributed by atoms with Crippen LogP contribution in [0.5, 0.6) is 0 Å². The van der Waals surface area contributed by atoms with E-state index in [1.807, 2.05) is 13.0 Å². The Hall–Kier alpha value is -0.680. The van der Waals surface area contributed by atoms with Gasteiger partial charge in [-0.15, -0.1) is 0 Å². The van der Waals surface area contributed by atoms with Crippen molar-refractivity contribution in [3.63, 3.8) is 0 Å². The molecule has 1 rings (SSSR count). The van der Waals surface area contributed by atoms with Gasteiger partial charge < -0.3 is 10.1 Å². The second-order valence-electron chi connectivity index (χ2n) is 3.47. The molecular formula is C9H17N3O3S. The maximum atomic E-state index is 11.9. The molecule has 0 bridgehead atoms. The molecule has 1 aliphatic rings. The summed E-state index contributed by atoms with van der Waals surface area (Å²) < 4.78 is 30.1. The molecule has 0 aliphatic carbocycles. The number of hydrogen-bond donors (Lipinski definition) is 1. The number of sulfonamides is 1. The van der Waals surface area contributed by atoms with Crippen molar-refractivity contribution in [3.05, 3.63) is 0 Å². The largest absolute Gasteiger partial charge is 0.381 e. The summed E-state index contributed by atoms with van der Waals surface area (Å²) in [6.07, 6.45) is 0. The SMILES string of the molecule is CCOCCS(=O)(=O)N1CCNCC1C#N. The molecule has 1 unspecified atom stereocenters. The lowest BCUT2D eigenvalue weighted by atomic mass is 10.3. The van der Waals surface area contributed by atoms with Crippen LogP contribution in [0.25, 0.3) is 0 Å². The van der Waals surface area contributed by atoms with Gasteiger partial charge in [-0.2, -0.15) is 9.57 Å². The van der Waals surface area contributed by atoms with Gasteiger partial charge in [-0.25, -0.2) is 8.42 Å². The first-order valence-corrected chi connectivity index (χ1v) is 6.90. The smallest absolute Gasteiger partial charge is 0.217 e. The van der Waals surface area contributed by atoms with E-state index in [4.69, 9.17) is 10.00 Å². The fourth-order valence-corrected chi connectivity index (χ4v) is 3.00. The second-order valence-corrected chi connectivity index (χ2v) is 5.51. The zero-order valence-electron chi connectivity index (χ0n) is 9.35. The van der Waals surface area contributed by atoms with E-state index in [-0.39, 0.29) is 12.4 Å². The first kappa shape index (κ1) is 13.4. The summed E-state index contributed by atoms with van der Waals surface area (Å²) in [4.78, 5) is 0. The molecule has 0 aromatic carbocycles. The van der Waals surface area contributed by atoms with Gasteiger partial charge in [-0.05, 0) is 6.92 Å². The molecule has 0 spiro atoms. The molecule has 1 heterocycles. The molecule has 0 saturated carbocycles. The van der Waals surface area contributed by atoms with Crippen molar-refractivity contribution in [1.82, 2.24) is 9.62 Å². The van der Waals surface area contributed by atoms with Crippen molar-refractivity contribution in [2.75, 3.05) is 38.6 Å². The third-order valence-electron chi connectivity index (χ3n) is 2.39. The minimum absolute atomic E-state index is 0.0565. The van der Waals surface area contributed by atoms with E-state index in [1.165, 1.54) is 4.31 Å². The second kappa shape index (κ2) is 6.15. The average Bonchev–Trinajstić information content (AvgIpc) is 2.29. The van der Waals surface area contributed by atoms with Crippen LogP contribution in [0.15, 0.2) is 0 Å². The quantitative estimate of drug-likeness (QED) is 0.640. The van der Waals surface area contributed by atoms with E-state index < -0.39 is 16.1 Å². The molecule has 0 radical (unpaired) electrons. The van der Waals surface area contributed by atoms with Gasteiger partial charge in [0.15, 0.2) is 0 Å². The summed E-state index contributed by atoms with van der Waals surface area (Å²) in [5.74, 6) is -0.0565. The molecule has 92 valence electrons. The van der Waals surface area contributed by atoms with Gasteiger partial charge in [0.2, 0.25) is 10.0 Å². The Balaban J connectivity index is 2.62. The van der Waals surface area contributed by atoms with Crippen molar-refractivity contribution in [2.45, 2.75) is 13.0 Å². The van der Waals surface area contributed by atoms with Crippen LogP contribution in [0, 0.1) is 11.3 Å². The van der Waals surface area contributed by atoms with E-state index in [2.05, 4.69) is 5.32 Å². The summed E-state index contributed by atoms with van der Waals surface area (Å²) in [5, 5.41) is 11.9. The van der Waals surface area contributed by atoms with Crippen LogP contribution in [0.3, 0.4) is 0 Å². The van der Waals surface area contributed by atoms with E-state index in [9.17, 15) is 8.42 Å². The first-order chi connectivity index (χ1) is 7.61. The lowest BCUT2D eigenvalue weighted by Gasteiger charge is -2.30. The monoisotopic (exact) mass is 247 g/mol. The Morgan fingerprint density at radius 1 is 1.62 bits per heavy atom. The lowest BCUT2D eigenvalue weighted by Crippen LogP contribution is -2.53. The van der Waals surface area contributed by atoms with Crippen LogP contribution in [0.4, 0.5) is 0 Å². The highest BCUT2D eigenvalue weighted by molar-refractivity contribution is 7.89. The fraction of sp³-hybridized carbons (Fsp3) is 0.889. The van der Waals surface area contributed by atoms with Crippen molar-refractivity contribution < 1.29 is 13.2 Å². The Bertz CT molecular complexity index is 350. The third-order valence-corrected chi connectivity index (χ3v) is 4.22. The predicted molar refractivity (Wildman–Crippen MR) is 59.3 cm³/mol. The number of ether oxygens (including phenoxy) is 1. The number of nitrogens with zero attached hydrogens (tertiary/aromatic N) is 2. The summed E-state index contributed by atoms with van der Waals surface area (Å²) in [6.45, 7) is 3.83. The van der Waals surface area contributed by atoms with Gasteiger partial charge >= 0.3 is 0 Å². The number of rotatable bonds is 5. The Kier molecular flexibility index (Phi) is 5.15. The molecule has 1 N–H and O–H groups in total. The van der Waals surface area contributed by atoms with Gasteiger partial charge in [-0.1, -0.05) is 0 Å². The maximum absolute atomic E-state index is 11.9. The molecule has 0 amide bonds. The summed E-state index contributed by atoms with van der Waals surface area (Å²) in [6, 6.07) is 1.40. The fourth-order valence-electron chi connectivity index (χ4n) is 1.55. The van der Waals surface area contributed by atoms with Crippen molar-refractivity contribution in [3.8, 4) is 6.07 Å². The first-order valence-electron chi connectivity index (χ1n) is 5.29. The van der Waals surface area contributed by atoms with Crippen molar-refractivity contribution >= 4 is 10.0 Å². The molecule has 16 heavy (non-hydrogen) atoms. The highest BCUT2D eigenvalue weighted by Gasteiger charge is 2.31. The summed E-state index contributed by atoms with van der Waals surface area (Å²) >= 11 is 0. The van der Waals surface area contributed by atoms with E-state index >= 15 is 0 Å². The van der Waals surface area contributed by atoms with Gasteiger partial charge in [0.25, 0.3) is 0 Å². The molecule has 0 aromatic heterocycles. The standard InChI is InChI=1S/C9H17N3O3S/c1-2-15-5-6-16(13,14)12-4-3-11-8-9(12)7-10/h9,11H,2-6,8H2,1H3. The number of piperazine rings is 1. The zero-order valence-corrected chi connectivity index (χ0v) is 10.2. The highest BCUT2D eigenvalue weighted by Crippen LogP contribution is 2.09. The molecule has 6 nitrogen and oxygen atoms in total. The Morgan fingerprint density at radius 3 is 3.00 bits per heavy atom. The van der Waals surface area contributed by atoms with Crippen LogP contribution < -0.4 is 5.32 Å². The van der Waals surface area contributed by atoms with Gasteiger partial charge in [0.1, 0.15) is 6.04 Å². The van der Waals surface area contributed by atoms with Crippen LogP contribution >= 0.6 is 0 Å². The normalized spacial score (nSPS) is 22.9. The van der Waals surface area contributed by atoms with Crippen molar-refractivity contribution in [2.24, 2.45) is 0 Å². The topological polar surface area (TPSA) is 82.4 Å². The van der Waals surface area contributed by atoms with E-state index in [0.29, 0.717) is 26.2 Å². The van der Waals surface area contributed by atoms with Crippen molar-refractivity contribution in [1.29, 1.82) is 5.26 Å². The molecule has 1 atom stereocenters. The molecule has 7 heteroatoms. The van der Waals surface area contributed by atoms with Gasteiger partial charge in [-0.3, -0.25) is 0 Å². The number of hydrogen-bond acceptors (Lipinski definition) is 5. The average molecular weight is 247 g/mol. The Labute approximate surface area is 96.2 Å². The minimum atomic E-state index is -3.37. The lowest BCUT2D eigenvalue weighted by molar-refractivity contribution is 0.162. The van der Waals surface area contributed by atoms with Crippen LogP contribution in [-0.2, 0) is 14.8 Å². The summed E-state index contributed by atoms with van der Waals surface area (Å²) in [7, 11) is -3.37. The predicted octanol–water partition coefficient (Wildman–Crippen LogP) is -0.850. The van der Waals surface area contributed by atoms with Crippen LogP contribution in [0.2, 0.25) is 0 Å². The van der Waals surface area contributed by atoms with Gasteiger partial charge in [0.05, 0.1) is 18.4 Å². The minimum Gasteiger partial charge on any atom is -0.381 e.